The molecule has 3 aliphatic rings. The number of benzene rings is 1. The molecule has 2 bridgehead atoms. The molecule has 1 saturated carbocycles. The van der Waals surface area contributed by atoms with Crippen LogP contribution in [0.3, 0.4) is 0 Å². The van der Waals surface area contributed by atoms with Crippen molar-refractivity contribution >= 4 is 6.09 Å². The number of amides is 1. The van der Waals surface area contributed by atoms with Crippen LogP contribution in [0.15, 0.2) is 30.3 Å². The van der Waals surface area contributed by atoms with Gasteiger partial charge in [0.2, 0.25) is 0 Å². The van der Waals surface area contributed by atoms with E-state index in [0.717, 1.165) is 18.4 Å². The molecule has 0 radical (unpaired) electrons. The zero-order valence-corrected chi connectivity index (χ0v) is 10.2. The molecule has 1 aliphatic carbocycles. The van der Waals surface area contributed by atoms with E-state index in [4.69, 9.17) is 4.74 Å². The fourth-order valence-electron chi connectivity index (χ4n) is 2.98. The zero-order valence-electron chi connectivity index (χ0n) is 10.2. The summed E-state index contributed by atoms with van der Waals surface area (Å²) < 4.78 is 5.32. The highest BCUT2D eigenvalue weighted by molar-refractivity contribution is 5.69. The summed E-state index contributed by atoms with van der Waals surface area (Å²) in [6.45, 7) is 0.341. The SMILES string of the molecule is O=C(OCc1ccccc1)N1C2CC(C2)[C@@H]1CO. The highest BCUT2D eigenvalue weighted by Gasteiger charge is 2.52. The molecular formula is C14H17NO3. The third kappa shape index (κ3) is 1.86. The molecule has 2 saturated heterocycles. The standard InChI is InChI=1S/C14H17NO3/c16-8-13-11-6-12(7-11)15(13)14(17)18-9-10-4-2-1-3-5-10/h1-5,11-13,16H,6-9H2/t11?,12?,13-/m0/s1. The second-order valence-electron chi connectivity index (χ2n) is 5.08. The Morgan fingerprint density at radius 3 is 2.72 bits per heavy atom. The number of hydrogen-bond acceptors (Lipinski definition) is 3. The van der Waals surface area contributed by atoms with E-state index in [-0.39, 0.29) is 24.8 Å². The molecule has 4 rings (SSSR count). The molecule has 1 aromatic carbocycles. The van der Waals surface area contributed by atoms with Crippen molar-refractivity contribution < 1.29 is 14.6 Å². The van der Waals surface area contributed by atoms with Crippen LogP contribution in [0.25, 0.3) is 0 Å². The van der Waals surface area contributed by atoms with Gasteiger partial charge in [-0.15, -0.1) is 0 Å². The van der Waals surface area contributed by atoms with Gasteiger partial charge in [0.25, 0.3) is 0 Å². The van der Waals surface area contributed by atoms with E-state index in [1.807, 2.05) is 30.3 Å². The predicted molar refractivity (Wildman–Crippen MR) is 65.9 cm³/mol. The second-order valence-corrected chi connectivity index (χ2v) is 5.08. The van der Waals surface area contributed by atoms with Gasteiger partial charge in [0.1, 0.15) is 6.61 Å². The summed E-state index contributed by atoms with van der Waals surface area (Å²) in [5, 5.41) is 9.32. The number of nitrogens with zero attached hydrogens (tertiary/aromatic N) is 1. The summed E-state index contributed by atoms with van der Waals surface area (Å²) in [4.78, 5) is 13.7. The Bertz CT molecular complexity index is 428. The Morgan fingerprint density at radius 1 is 1.33 bits per heavy atom. The van der Waals surface area contributed by atoms with Crippen molar-refractivity contribution in [1.82, 2.24) is 4.90 Å². The van der Waals surface area contributed by atoms with Gasteiger partial charge in [-0.05, 0) is 24.3 Å². The maximum Gasteiger partial charge on any atom is 0.410 e. The fourth-order valence-corrected chi connectivity index (χ4v) is 2.98. The first-order valence-corrected chi connectivity index (χ1v) is 6.39. The molecule has 2 aliphatic heterocycles. The van der Waals surface area contributed by atoms with Crippen LogP contribution in [0.4, 0.5) is 4.79 Å². The molecule has 0 spiro atoms. The summed E-state index contributed by atoms with van der Waals surface area (Å²) in [5.74, 6) is 0.476. The van der Waals surface area contributed by atoms with Crippen molar-refractivity contribution in [3.63, 3.8) is 0 Å². The van der Waals surface area contributed by atoms with E-state index < -0.39 is 0 Å². The Balaban J connectivity index is 1.59. The summed E-state index contributed by atoms with van der Waals surface area (Å²) in [5.41, 5.74) is 0.984. The molecule has 3 fully saturated rings. The van der Waals surface area contributed by atoms with Crippen molar-refractivity contribution in [1.29, 1.82) is 0 Å². The molecule has 0 aromatic heterocycles. The Kier molecular flexibility index (Phi) is 2.96. The topological polar surface area (TPSA) is 49.8 Å². The van der Waals surface area contributed by atoms with E-state index in [0.29, 0.717) is 12.5 Å². The minimum absolute atomic E-state index is 0.0294. The molecule has 0 unspecified atom stereocenters. The smallest absolute Gasteiger partial charge is 0.410 e. The molecule has 4 nitrogen and oxygen atoms in total. The minimum Gasteiger partial charge on any atom is -0.445 e. The summed E-state index contributed by atoms with van der Waals surface area (Å²) in [7, 11) is 0. The van der Waals surface area contributed by atoms with Gasteiger partial charge in [-0.3, -0.25) is 4.90 Å². The molecule has 1 aromatic rings. The van der Waals surface area contributed by atoms with E-state index in [9.17, 15) is 9.90 Å². The quantitative estimate of drug-likeness (QED) is 0.885. The number of hydrogen-bond donors (Lipinski definition) is 1. The maximum atomic E-state index is 12.0. The average Bonchev–Trinajstić information content (AvgIpc) is 2.90. The number of fused-ring (bicyclic) bond motifs is 1. The van der Waals surface area contributed by atoms with Crippen LogP contribution in [0, 0.1) is 5.92 Å². The first kappa shape index (κ1) is 11.5. The normalized spacial score (nSPS) is 28.9. The van der Waals surface area contributed by atoms with Gasteiger partial charge in [-0.1, -0.05) is 30.3 Å². The fraction of sp³-hybridized carbons (Fsp3) is 0.500. The first-order chi connectivity index (χ1) is 8.79. The van der Waals surface area contributed by atoms with Crippen LogP contribution < -0.4 is 0 Å². The van der Waals surface area contributed by atoms with Gasteiger partial charge in [0.05, 0.1) is 12.6 Å². The first-order valence-electron chi connectivity index (χ1n) is 6.39. The number of carbonyl (C=O) groups excluding carboxylic acids is 1. The Hall–Kier alpha value is -1.55. The summed E-state index contributed by atoms with van der Waals surface area (Å²) >= 11 is 0. The highest BCUT2D eigenvalue weighted by atomic mass is 16.6. The number of carbonyl (C=O) groups is 1. The molecule has 4 heteroatoms. The van der Waals surface area contributed by atoms with Crippen LogP contribution in [-0.4, -0.2) is 34.8 Å². The molecule has 1 atom stereocenters. The molecule has 1 amide bonds. The minimum atomic E-state index is -0.289. The van der Waals surface area contributed by atoms with Gasteiger partial charge in [0, 0.05) is 6.04 Å². The largest absolute Gasteiger partial charge is 0.445 e. The molecule has 18 heavy (non-hydrogen) atoms. The Labute approximate surface area is 106 Å². The summed E-state index contributed by atoms with van der Waals surface area (Å²) in [6, 6.07) is 9.90. The van der Waals surface area contributed by atoms with Crippen molar-refractivity contribution in [3.8, 4) is 0 Å². The van der Waals surface area contributed by atoms with Gasteiger partial charge in [-0.25, -0.2) is 4.79 Å². The van der Waals surface area contributed by atoms with Crippen molar-refractivity contribution in [2.45, 2.75) is 31.5 Å². The van der Waals surface area contributed by atoms with Crippen LogP contribution in [0.2, 0.25) is 0 Å². The van der Waals surface area contributed by atoms with Crippen LogP contribution >= 0.6 is 0 Å². The van der Waals surface area contributed by atoms with Crippen molar-refractivity contribution in [2.75, 3.05) is 6.61 Å². The molecule has 2 heterocycles. The number of aliphatic hydroxyl groups excluding tert-OH is 1. The lowest BCUT2D eigenvalue weighted by molar-refractivity contribution is 0.0755. The Morgan fingerprint density at radius 2 is 2.06 bits per heavy atom. The highest BCUT2D eigenvalue weighted by Crippen LogP contribution is 2.45. The van der Waals surface area contributed by atoms with Crippen molar-refractivity contribution in [2.24, 2.45) is 5.92 Å². The number of rotatable bonds is 3. The second kappa shape index (κ2) is 4.61. The predicted octanol–water partition coefficient (Wildman–Crippen LogP) is 1.78. The maximum absolute atomic E-state index is 12.0. The number of aliphatic hydroxyl groups is 1. The van der Waals surface area contributed by atoms with E-state index in [1.165, 1.54) is 0 Å². The van der Waals surface area contributed by atoms with Crippen LogP contribution in [0.5, 0.6) is 0 Å². The van der Waals surface area contributed by atoms with Gasteiger partial charge in [0.15, 0.2) is 0 Å². The molecule has 96 valence electrons. The zero-order chi connectivity index (χ0) is 12.5. The average molecular weight is 247 g/mol. The van der Waals surface area contributed by atoms with E-state index in [2.05, 4.69) is 0 Å². The van der Waals surface area contributed by atoms with Crippen LogP contribution in [0.1, 0.15) is 18.4 Å². The van der Waals surface area contributed by atoms with E-state index in [1.54, 1.807) is 4.90 Å². The van der Waals surface area contributed by atoms with Gasteiger partial charge >= 0.3 is 6.09 Å². The third-order valence-electron chi connectivity index (χ3n) is 4.05. The van der Waals surface area contributed by atoms with Crippen LogP contribution in [-0.2, 0) is 11.3 Å². The van der Waals surface area contributed by atoms with E-state index >= 15 is 0 Å². The lowest BCUT2D eigenvalue weighted by Crippen LogP contribution is -2.39. The monoisotopic (exact) mass is 247 g/mol. The molecular weight excluding hydrogens is 230 g/mol. The van der Waals surface area contributed by atoms with Gasteiger partial charge in [-0.2, -0.15) is 0 Å². The lowest BCUT2D eigenvalue weighted by atomic mass is 9.83. The third-order valence-corrected chi connectivity index (χ3v) is 4.05. The molecule has 1 N–H and O–H groups in total. The number of ether oxygens (including phenoxy) is 1. The van der Waals surface area contributed by atoms with Gasteiger partial charge < -0.3 is 9.84 Å². The van der Waals surface area contributed by atoms with Crippen molar-refractivity contribution in [3.05, 3.63) is 35.9 Å². The lowest BCUT2D eigenvalue weighted by Gasteiger charge is -2.25. The summed E-state index contributed by atoms with van der Waals surface area (Å²) in [6.07, 6.45) is 1.75.